The Hall–Kier alpha value is -1.49. The van der Waals surface area contributed by atoms with Crippen LogP contribution in [0.1, 0.15) is 13.8 Å². The number of benzene rings is 1. The SMILES string of the molecule is CCOP(=O)(OCC)c1nc(-c2ccccc2)no1. The van der Waals surface area contributed by atoms with E-state index in [-0.39, 0.29) is 18.8 Å². The molecule has 0 saturated heterocycles. The third kappa shape index (κ3) is 3.10. The van der Waals surface area contributed by atoms with Crippen LogP contribution in [0.25, 0.3) is 11.4 Å². The molecule has 1 heterocycles. The second-order valence-electron chi connectivity index (χ2n) is 3.60. The maximum atomic E-state index is 12.4. The zero-order valence-corrected chi connectivity index (χ0v) is 11.7. The van der Waals surface area contributed by atoms with Crippen molar-refractivity contribution in [3.63, 3.8) is 0 Å². The fourth-order valence-electron chi connectivity index (χ4n) is 1.52. The van der Waals surface area contributed by atoms with Gasteiger partial charge in [-0.15, -0.1) is 0 Å². The van der Waals surface area contributed by atoms with E-state index >= 15 is 0 Å². The zero-order chi connectivity index (χ0) is 13.7. The van der Waals surface area contributed by atoms with E-state index in [2.05, 4.69) is 10.1 Å². The highest BCUT2D eigenvalue weighted by atomic mass is 31.2. The molecule has 1 aromatic heterocycles. The third-order valence-electron chi connectivity index (χ3n) is 2.28. The smallest absolute Gasteiger partial charge is 0.325 e. The summed E-state index contributed by atoms with van der Waals surface area (Å²) in [4.78, 5) is 4.10. The van der Waals surface area contributed by atoms with Crippen molar-refractivity contribution in [3.8, 4) is 11.4 Å². The van der Waals surface area contributed by atoms with Crippen molar-refractivity contribution >= 4 is 13.2 Å². The fraction of sp³-hybridized carbons (Fsp3) is 0.333. The van der Waals surface area contributed by atoms with E-state index in [4.69, 9.17) is 13.6 Å². The maximum Gasteiger partial charge on any atom is 0.418 e. The van der Waals surface area contributed by atoms with Gasteiger partial charge >= 0.3 is 13.2 Å². The van der Waals surface area contributed by atoms with Gasteiger partial charge in [0, 0.05) is 5.56 Å². The normalized spacial score (nSPS) is 11.7. The molecule has 1 aromatic carbocycles. The van der Waals surface area contributed by atoms with Gasteiger partial charge in [-0.05, 0) is 13.8 Å². The molecule has 6 nitrogen and oxygen atoms in total. The van der Waals surface area contributed by atoms with E-state index in [0.717, 1.165) is 5.56 Å². The van der Waals surface area contributed by atoms with Crippen molar-refractivity contribution in [3.05, 3.63) is 30.3 Å². The van der Waals surface area contributed by atoms with Crippen molar-refractivity contribution in [2.75, 3.05) is 13.2 Å². The first-order valence-electron chi connectivity index (χ1n) is 5.98. The molecule has 0 aliphatic carbocycles. The molecule has 19 heavy (non-hydrogen) atoms. The first-order valence-corrected chi connectivity index (χ1v) is 7.52. The van der Waals surface area contributed by atoms with Crippen LogP contribution in [-0.2, 0) is 13.6 Å². The fourth-order valence-corrected chi connectivity index (χ4v) is 2.85. The number of hydrogen-bond donors (Lipinski definition) is 0. The van der Waals surface area contributed by atoms with E-state index in [9.17, 15) is 4.57 Å². The van der Waals surface area contributed by atoms with Crippen LogP contribution in [0.5, 0.6) is 0 Å². The minimum absolute atomic E-state index is 0.116. The summed E-state index contributed by atoms with van der Waals surface area (Å²) in [5.41, 5.74) is 0.659. The van der Waals surface area contributed by atoms with Crippen LogP contribution in [0.2, 0.25) is 0 Å². The highest BCUT2D eigenvalue weighted by molar-refractivity contribution is 7.61. The van der Waals surface area contributed by atoms with E-state index in [1.807, 2.05) is 30.3 Å². The summed E-state index contributed by atoms with van der Waals surface area (Å²) in [5.74, 6) is 0.357. The van der Waals surface area contributed by atoms with Crippen LogP contribution in [0.3, 0.4) is 0 Å². The van der Waals surface area contributed by atoms with E-state index in [1.54, 1.807) is 13.8 Å². The molecule has 0 bridgehead atoms. The Labute approximate surface area is 111 Å². The third-order valence-corrected chi connectivity index (χ3v) is 4.13. The number of hydrogen-bond acceptors (Lipinski definition) is 6. The Bertz CT molecular complexity index is 560. The lowest BCUT2D eigenvalue weighted by Crippen LogP contribution is -2.11. The van der Waals surface area contributed by atoms with Crippen molar-refractivity contribution < 1.29 is 18.1 Å². The number of aromatic nitrogens is 2. The Balaban J connectivity index is 2.32. The van der Waals surface area contributed by atoms with E-state index < -0.39 is 7.60 Å². The van der Waals surface area contributed by atoms with Crippen molar-refractivity contribution in [2.45, 2.75) is 13.8 Å². The molecule has 0 amide bonds. The van der Waals surface area contributed by atoms with Crippen LogP contribution < -0.4 is 5.63 Å². The lowest BCUT2D eigenvalue weighted by molar-refractivity contribution is 0.222. The van der Waals surface area contributed by atoms with Crippen LogP contribution in [0, 0.1) is 0 Å². The lowest BCUT2D eigenvalue weighted by atomic mass is 10.2. The first kappa shape index (κ1) is 13.9. The molecule has 2 rings (SSSR count). The van der Waals surface area contributed by atoms with Crippen molar-refractivity contribution in [1.82, 2.24) is 10.1 Å². The van der Waals surface area contributed by atoms with Gasteiger partial charge in [-0.3, -0.25) is 0 Å². The predicted molar refractivity (Wildman–Crippen MR) is 70.2 cm³/mol. The van der Waals surface area contributed by atoms with Gasteiger partial charge in [0.2, 0.25) is 5.82 Å². The zero-order valence-electron chi connectivity index (χ0n) is 10.8. The quantitative estimate of drug-likeness (QED) is 0.758. The topological polar surface area (TPSA) is 74.5 Å². The molecule has 0 N–H and O–H groups in total. The highest BCUT2D eigenvalue weighted by Gasteiger charge is 2.34. The molecule has 0 unspecified atom stereocenters. The summed E-state index contributed by atoms with van der Waals surface area (Å²) in [5, 5.41) is 3.80. The predicted octanol–water partition coefficient (Wildman–Crippen LogP) is 2.63. The molecule has 0 saturated carbocycles. The standard InChI is InChI=1S/C12H15N2O4P/c1-3-16-19(15,17-4-2)12-13-11(14-18-12)10-8-6-5-7-9-10/h5-9H,3-4H2,1-2H3. The van der Waals surface area contributed by atoms with E-state index in [1.165, 1.54) is 0 Å². The molecule has 0 aliphatic heterocycles. The largest absolute Gasteiger partial charge is 0.418 e. The lowest BCUT2D eigenvalue weighted by Gasteiger charge is -2.11. The minimum atomic E-state index is -3.51. The second-order valence-corrected chi connectivity index (χ2v) is 5.49. The van der Waals surface area contributed by atoms with Gasteiger partial charge in [0.1, 0.15) is 0 Å². The highest BCUT2D eigenvalue weighted by Crippen LogP contribution is 2.46. The molecule has 0 atom stereocenters. The molecule has 0 radical (unpaired) electrons. The summed E-state index contributed by atoms with van der Waals surface area (Å²) in [6.45, 7) is 3.92. The Morgan fingerprint density at radius 3 is 2.37 bits per heavy atom. The maximum absolute atomic E-state index is 12.4. The Morgan fingerprint density at radius 2 is 1.79 bits per heavy atom. The van der Waals surface area contributed by atoms with Crippen LogP contribution in [0.15, 0.2) is 34.9 Å². The average Bonchev–Trinajstić information content (AvgIpc) is 2.90. The van der Waals surface area contributed by atoms with Gasteiger partial charge in [-0.25, -0.2) is 4.57 Å². The Kier molecular flexibility index (Phi) is 4.47. The molecule has 7 heteroatoms. The summed E-state index contributed by atoms with van der Waals surface area (Å²) < 4.78 is 27.7. The Morgan fingerprint density at radius 1 is 1.16 bits per heavy atom. The molecule has 0 spiro atoms. The molecule has 102 valence electrons. The van der Waals surface area contributed by atoms with Crippen LogP contribution in [-0.4, -0.2) is 23.4 Å². The van der Waals surface area contributed by atoms with Crippen molar-refractivity contribution in [1.29, 1.82) is 0 Å². The van der Waals surface area contributed by atoms with Gasteiger partial charge in [-0.2, -0.15) is 4.98 Å². The summed E-state index contributed by atoms with van der Waals surface area (Å²) in [7, 11) is -3.51. The molecule has 0 aliphatic rings. The number of rotatable bonds is 6. The number of nitrogens with zero attached hydrogens (tertiary/aromatic N) is 2. The van der Waals surface area contributed by atoms with E-state index in [0.29, 0.717) is 5.82 Å². The van der Waals surface area contributed by atoms with Gasteiger partial charge in [0.05, 0.1) is 13.2 Å². The summed E-state index contributed by atoms with van der Waals surface area (Å²) in [6.07, 6.45) is 0. The van der Waals surface area contributed by atoms with Gasteiger partial charge in [-0.1, -0.05) is 35.5 Å². The van der Waals surface area contributed by atoms with Gasteiger partial charge in [0.15, 0.2) is 0 Å². The van der Waals surface area contributed by atoms with Crippen LogP contribution >= 0.6 is 7.60 Å². The molecular weight excluding hydrogens is 267 g/mol. The summed E-state index contributed by atoms with van der Waals surface area (Å²) >= 11 is 0. The van der Waals surface area contributed by atoms with Gasteiger partial charge < -0.3 is 13.6 Å². The second kappa shape index (κ2) is 6.10. The van der Waals surface area contributed by atoms with Gasteiger partial charge in [0.25, 0.3) is 0 Å². The van der Waals surface area contributed by atoms with Crippen molar-refractivity contribution in [2.24, 2.45) is 0 Å². The first-order chi connectivity index (χ1) is 9.19. The average molecular weight is 282 g/mol. The molecule has 2 aromatic rings. The minimum Gasteiger partial charge on any atom is -0.325 e. The summed E-state index contributed by atoms with van der Waals surface area (Å²) in [6, 6.07) is 9.27. The monoisotopic (exact) mass is 282 g/mol. The van der Waals surface area contributed by atoms with Crippen LogP contribution in [0.4, 0.5) is 0 Å². The molecule has 0 fully saturated rings. The molecular formula is C12H15N2O4P.